The van der Waals surface area contributed by atoms with E-state index in [9.17, 15) is 18.0 Å². The molecule has 1 heterocycles. The van der Waals surface area contributed by atoms with Crippen LogP contribution in [0.25, 0.3) is 0 Å². The highest BCUT2D eigenvalue weighted by atomic mass is 79.9. The van der Waals surface area contributed by atoms with Gasteiger partial charge in [-0.25, -0.2) is 0 Å². The molecule has 0 bridgehead atoms. The molecule has 0 aliphatic heterocycles. The third-order valence-electron chi connectivity index (χ3n) is 2.43. The van der Waals surface area contributed by atoms with E-state index < -0.39 is 6.36 Å². The Balaban J connectivity index is 2.19. The third-order valence-corrected chi connectivity index (χ3v) is 4.57. The van der Waals surface area contributed by atoms with Crippen molar-refractivity contribution in [1.82, 2.24) is 0 Å². The maximum absolute atomic E-state index is 12.1. The molecule has 20 heavy (non-hydrogen) atoms. The molecule has 0 spiro atoms. The predicted octanol–water partition coefficient (Wildman–Crippen LogP) is 4.95. The number of thiophene rings is 1. The minimum absolute atomic E-state index is 0.234. The Kier molecular flexibility index (Phi) is 4.19. The number of hydrogen-bond acceptors (Lipinski definition) is 3. The fraction of sp³-hybridized carbons (Fsp3) is 0.154. The maximum atomic E-state index is 12.1. The first-order chi connectivity index (χ1) is 9.26. The average molecular weight is 365 g/mol. The fourth-order valence-electron chi connectivity index (χ4n) is 1.52. The second-order valence-corrected chi connectivity index (χ2v) is 6.34. The molecule has 0 atom stereocenters. The number of rotatable bonds is 3. The molecule has 0 aliphatic carbocycles. The summed E-state index contributed by atoms with van der Waals surface area (Å²) < 4.78 is 40.7. The Hall–Kier alpha value is -1.34. The van der Waals surface area contributed by atoms with Crippen LogP contribution in [0.3, 0.4) is 0 Å². The van der Waals surface area contributed by atoms with Crippen LogP contribution in [-0.4, -0.2) is 12.1 Å². The molecule has 0 N–H and O–H groups in total. The normalized spacial score (nSPS) is 11.4. The van der Waals surface area contributed by atoms with Gasteiger partial charge in [-0.2, -0.15) is 0 Å². The van der Waals surface area contributed by atoms with Crippen LogP contribution in [0.4, 0.5) is 13.2 Å². The molecular weight excluding hydrogens is 357 g/mol. The second-order valence-electron chi connectivity index (χ2n) is 3.97. The van der Waals surface area contributed by atoms with E-state index >= 15 is 0 Å². The first-order valence-corrected chi connectivity index (χ1v) is 7.03. The standard InChI is InChI=1S/C13H8BrF3O2S/c1-7-6-10(20-12(7)14)11(18)8-2-4-9(5-3-8)19-13(15,16)17/h2-6H,1H3. The van der Waals surface area contributed by atoms with Crippen LogP contribution in [0.15, 0.2) is 34.1 Å². The van der Waals surface area contributed by atoms with Crippen molar-refractivity contribution in [2.75, 3.05) is 0 Å². The van der Waals surface area contributed by atoms with Crippen molar-refractivity contribution in [3.8, 4) is 5.75 Å². The molecule has 2 aromatic rings. The molecule has 2 nitrogen and oxygen atoms in total. The van der Waals surface area contributed by atoms with Crippen LogP contribution in [0.5, 0.6) is 5.75 Å². The molecule has 0 aliphatic rings. The number of benzene rings is 1. The van der Waals surface area contributed by atoms with Crippen molar-refractivity contribution in [3.63, 3.8) is 0 Å². The van der Waals surface area contributed by atoms with E-state index in [0.29, 0.717) is 10.4 Å². The van der Waals surface area contributed by atoms with Crippen LogP contribution < -0.4 is 4.74 Å². The summed E-state index contributed by atoms with van der Waals surface area (Å²) in [5.41, 5.74) is 1.25. The minimum Gasteiger partial charge on any atom is -0.406 e. The van der Waals surface area contributed by atoms with Crippen molar-refractivity contribution in [2.45, 2.75) is 13.3 Å². The molecule has 0 amide bonds. The van der Waals surface area contributed by atoms with Crippen LogP contribution in [0.2, 0.25) is 0 Å². The number of halogens is 4. The van der Waals surface area contributed by atoms with E-state index in [-0.39, 0.29) is 11.5 Å². The number of ether oxygens (including phenoxy) is 1. The lowest BCUT2D eigenvalue weighted by Crippen LogP contribution is -2.17. The zero-order valence-corrected chi connectivity index (χ0v) is 12.5. The summed E-state index contributed by atoms with van der Waals surface area (Å²) in [4.78, 5) is 12.7. The summed E-state index contributed by atoms with van der Waals surface area (Å²) in [6.07, 6.45) is -4.73. The van der Waals surface area contributed by atoms with Gasteiger partial charge in [0.05, 0.1) is 8.66 Å². The van der Waals surface area contributed by atoms with Gasteiger partial charge in [0.2, 0.25) is 5.78 Å². The van der Waals surface area contributed by atoms with Crippen LogP contribution >= 0.6 is 27.3 Å². The van der Waals surface area contributed by atoms with Crippen LogP contribution in [0, 0.1) is 6.92 Å². The molecular formula is C13H8BrF3O2S. The summed E-state index contributed by atoms with van der Waals surface area (Å²) in [6, 6.07) is 6.60. The predicted molar refractivity (Wildman–Crippen MR) is 73.3 cm³/mol. The highest BCUT2D eigenvalue weighted by Crippen LogP contribution is 2.29. The highest BCUT2D eigenvalue weighted by molar-refractivity contribution is 9.11. The molecule has 7 heteroatoms. The Bertz CT molecular complexity index is 613. The van der Waals surface area contributed by atoms with E-state index in [1.165, 1.54) is 23.5 Å². The summed E-state index contributed by atoms with van der Waals surface area (Å²) >= 11 is 4.61. The van der Waals surface area contributed by atoms with Gasteiger partial charge in [-0.05, 0) is 58.7 Å². The van der Waals surface area contributed by atoms with E-state index in [4.69, 9.17) is 0 Å². The van der Waals surface area contributed by atoms with Gasteiger partial charge in [0.1, 0.15) is 5.75 Å². The average Bonchev–Trinajstić information content (AvgIpc) is 2.68. The highest BCUT2D eigenvalue weighted by Gasteiger charge is 2.31. The summed E-state index contributed by atoms with van der Waals surface area (Å²) in [7, 11) is 0. The van der Waals surface area contributed by atoms with Crippen molar-refractivity contribution < 1.29 is 22.7 Å². The van der Waals surface area contributed by atoms with Crippen LogP contribution in [0.1, 0.15) is 20.8 Å². The number of ketones is 1. The molecule has 106 valence electrons. The summed E-state index contributed by atoms with van der Waals surface area (Å²) in [5, 5.41) is 0. The molecule has 0 saturated carbocycles. The fourth-order valence-corrected chi connectivity index (χ4v) is 3.02. The number of carbonyl (C=O) groups is 1. The number of alkyl halides is 3. The Morgan fingerprint density at radius 3 is 2.30 bits per heavy atom. The van der Waals surface area contributed by atoms with E-state index in [1.54, 1.807) is 6.07 Å². The quantitative estimate of drug-likeness (QED) is 0.720. The Labute approximate surface area is 125 Å². The van der Waals surface area contributed by atoms with Crippen molar-refractivity contribution >= 4 is 33.0 Å². The summed E-state index contributed by atoms with van der Waals surface area (Å²) in [5.74, 6) is -0.583. The molecule has 1 aromatic carbocycles. The lowest BCUT2D eigenvalue weighted by atomic mass is 10.1. The minimum atomic E-state index is -4.73. The number of hydrogen-bond donors (Lipinski definition) is 0. The first kappa shape index (κ1) is 15.1. The summed E-state index contributed by atoms with van der Waals surface area (Å²) in [6.45, 7) is 1.86. The molecule has 0 saturated heterocycles. The van der Waals surface area contributed by atoms with E-state index in [2.05, 4.69) is 20.7 Å². The zero-order chi connectivity index (χ0) is 14.9. The molecule has 0 unspecified atom stereocenters. The topological polar surface area (TPSA) is 26.3 Å². The monoisotopic (exact) mass is 364 g/mol. The largest absolute Gasteiger partial charge is 0.573 e. The van der Waals surface area contributed by atoms with Gasteiger partial charge >= 0.3 is 6.36 Å². The van der Waals surface area contributed by atoms with Crippen LogP contribution in [-0.2, 0) is 0 Å². The SMILES string of the molecule is Cc1cc(C(=O)c2ccc(OC(F)(F)F)cc2)sc1Br. The first-order valence-electron chi connectivity index (χ1n) is 5.43. The molecule has 2 rings (SSSR count). The molecule has 1 aromatic heterocycles. The van der Waals surface area contributed by atoms with Gasteiger partial charge in [-0.15, -0.1) is 24.5 Å². The second kappa shape index (κ2) is 5.57. The van der Waals surface area contributed by atoms with Gasteiger partial charge in [-0.3, -0.25) is 4.79 Å². The van der Waals surface area contributed by atoms with Gasteiger partial charge < -0.3 is 4.74 Å². The smallest absolute Gasteiger partial charge is 0.406 e. The van der Waals surface area contributed by atoms with E-state index in [0.717, 1.165) is 21.5 Å². The Morgan fingerprint density at radius 1 is 1.25 bits per heavy atom. The van der Waals surface area contributed by atoms with Crippen molar-refractivity contribution in [2.24, 2.45) is 0 Å². The number of aryl methyl sites for hydroxylation is 1. The Morgan fingerprint density at radius 2 is 1.85 bits per heavy atom. The number of carbonyl (C=O) groups excluding carboxylic acids is 1. The van der Waals surface area contributed by atoms with Gasteiger partial charge in [-0.1, -0.05) is 0 Å². The lowest BCUT2D eigenvalue weighted by molar-refractivity contribution is -0.274. The maximum Gasteiger partial charge on any atom is 0.573 e. The van der Waals surface area contributed by atoms with Gasteiger partial charge in [0.25, 0.3) is 0 Å². The molecule has 0 fully saturated rings. The lowest BCUT2D eigenvalue weighted by Gasteiger charge is -2.08. The van der Waals surface area contributed by atoms with Gasteiger partial charge in [0, 0.05) is 5.56 Å². The van der Waals surface area contributed by atoms with Crippen molar-refractivity contribution in [3.05, 3.63) is 50.1 Å². The van der Waals surface area contributed by atoms with Crippen molar-refractivity contribution in [1.29, 1.82) is 0 Å². The van der Waals surface area contributed by atoms with E-state index in [1.807, 2.05) is 6.92 Å². The zero-order valence-electron chi connectivity index (χ0n) is 10.1. The molecule has 0 radical (unpaired) electrons. The third kappa shape index (κ3) is 3.61. The van der Waals surface area contributed by atoms with Gasteiger partial charge in [0.15, 0.2) is 0 Å².